The van der Waals surface area contributed by atoms with Gasteiger partial charge in [-0.3, -0.25) is 4.99 Å². The molecule has 1 aliphatic carbocycles. The number of rotatable bonds is 5. The normalized spacial score (nSPS) is 24.4. The molecular formula is C16H33N3O2S. The van der Waals surface area contributed by atoms with Crippen molar-refractivity contribution >= 4 is 15.8 Å². The fraction of sp³-hybridized carbons (Fsp3) is 0.938. The van der Waals surface area contributed by atoms with Gasteiger partial charge in [0.05, 0.1) is 4.75 Å². The fourth-order valence-electron chi connectivity index (χ4n) is 2.75. The lowest BCUT2D eigenvalue weighted by Gasteiger charge is -2.32. The summed E-state index contributed by atoms with van der Waals surface area (Å²) in [4.78, 5) is 4.22. The highest BCUT2D eigenvalue weighted by Crippen LogP contribution is 2.29. The summed E-state index contributed by atoms with van der Waals surface area (Å²) in [6.07, 6.45) is 6.08. The zero-order valence-electron chi connectivity index (χ0n) is 14.9. The van der Waals surface area contributed by atoms with Crippen LogP contribution in [0.25, 0.3) is 0 Å². The van der Waals surface area contributed by atoms with Gasteiger partial charge in [0, 0.05) is 25.9 Å². The van der Waals surface area contributed by atoms with Crippen molar-refractivity contribution < 1.29 is 8.42 Å². The number of guanidine groups is 1. The standard InChI is InChI=1S/C16H33N3O2S/c1-12(2)13-7-9-14(10-8-13)19-15(17-5)18-11-16(3,4)22(6,20)21/h12-14H,7-11H2,1-6H3,(H2,17,18,19). The molecule has 0 amide bonds. The third kappa shape index (κ3) is 5.45. The smallest absolute Gasteiger partial charge is 0.191 e. The molecule has 5 nitrogen and oxygen atoms in total. The Bertz CT molecular complexity index is 476. The van der Waals surface area contributed by atoms with E-state index in [1.807, 2.05) is 0 Å². The Hall–Kier alpha value is -0.780. The first-order valence-electron chi connectivity index (χ1n) is 8.23. The Labute approximate surface area is 136 Å². The largest absolute Gasteiger partial charge is 0.355 e. The molecular weight excluding hydrogens is 298 g/mol. The van der Waals surface area contributed by atoms with E-state index in [0.29, 0.717) is 18.5 Å². The van der Waals surface area contributed by atoms with E-state index in [-0.39, 0.29) is 0 Å². The molecule has 0 aromatic carbocycles. The van der Waals surface area contributed by atoms with Crippen molar-refractivity contribution in [2.45, 2.75) is 64.2 Å². The van der Waals surface area contributed by atoms with E-state index in [1.54, 1.807) is 20.9 Å². The predicted molar refractivity (Wildman–Crippen MR) is 94.0 cm³/mol. The lowest BCUT2D eigenvalue weighted by atomic mass is 9.80. The number of aliphatic imine (C=N–C) groups is 1. The maximum absolute atomic E-state index is 11.7. The van der Waals surface area contributed by atoms with E-state index >= 15 is 0 Å². The Balaban J connectivity index is 2.48. The molecule has 6 heteroatoms. The second-order valence-corrected chi connectivity index (χ2v) is 10.1. The maximum atomic E-state index is 11.7. The quantitative estimate of drug-likeness (QED) is 0.598. The summed E-state index contributed by atoms with van der Waals surface area (Å²) in [6.45, 7) is 8.41. The highest BCUT2D eigenvalue weighted by Gasteiger charge is 2.30. The molecule has 130 valence electrons. The van der Waals surface area contributed by atoms with E-state index in [2.05, 4.69) is 29.5 Å². The van der Waals surface area contributed by atoms with Crippen molar-refractivity contribution in [1.29, 1.82) is 0 Å². The van der Waals surface area contributed by atoms with Crippen LogP contribution >= 0.6 is 0 Å². The third-order valence-corrected chi connectivity index (χ3v) is 7.12. The summed E-state index contributed by atoms with van der Waals surface area (Å²) >= 11 is 0. The molecule has 0 spiro atoms. The summed E-state index contributed by atoms with van der Waals surface area (Å²) in [6, 6.07) is 0.433. The summed E-state index contributed by atoms with van der Waals surface area (Å²) in [5, 5.41) is 6.59. The molecule has 0 unspecified atom stereocenters. The van der Waals surface area contributed by atoms with Crippen LogP contribution < -0.4 is 10.6 Å². The average Bonchev–Trinajstić information content (AvgIpc) is 2.42. The van der Waals surface area contributed by atoms with Crippen LogP contribution in [0.5, 0.6) is 0 Å². The minimum absolute atomic E-state index is 0.354. The van der Waals surface area contributed by atoms with Gasteiger partial charge in [-0.05, 0) is 51.4 Å². The second-order valence-electron chi connectivity index (χ2n) is 7.46. The Morgan fingerprint density at radius 2 is 1.77 bits per heavy atom. The highest BCUT2D eigenvalue weighted by molar-refractivity contribution is 7.92. The van der Waals surface area contributed by atoms with Gasteiger partial charge >= 0.3 is 0 Å². The van der Waals surface area contributed by atoms with Crippen LogP contribution in [0.4, 0.5) is 0 Å². The Kier molecular flexibility index (Phi) is 6.71. The van der Waals surface area contributed by atoms with Crippen LogP contribution in [0.1, 0.15) is 53.4 Å². The zero-order chi connectivity index (χ0) is 17.0. The van der Waals surface area contributed by atoms with E-state index in [1.165, 1.54) is 19.1 Å². The van der Waals surface area contributed by atoms with Gasteiger partial charge in [-0.1, -0.05) is 13.8 Å². The van der Waals surface area contributed by atoms with Crippen molar-refractivity contribution in [1.82, 2.24) is 10.6 Å². The number of nitrogens with one attached hydrogen (secondary N) is 2. The lowest BCUT2D eigenvalue weighted by Crippen LogP contribution is -2.50. The molecule has 0 aromatic heterocycles. The van der Waals surface area contributed by atoms with Crippen LogP contribution in [-0.2, 0) is 9.84 Å². The fourth-order valence-corrected chi connectivity index (χ4v) is 3.08. The number of sulfone groups is 1. The van der Waals surface area contributed by atoms with Gasteiger partial charge < -0.3 is 10.6 Å². The number of nitrogens with zero attached hydrogens (tertiary/aromatic N) is 1. The SMILES string of the molecule is CN=C(NCC(C)(C)S(C)(=O)=O)NC1CCC(C(C)C)CC1. The summed E-state index contributed by atoms with van der Waals surface area (Å²) < 4.78 is 22.7. The molecule has 22 heavy (non-hydrogen) atoms. The van der Waals surface area contributed by atoms with Gasteiger partial charge in [-0.15, -0.1) is 0 Å². The van der Waals surface area contributed by atoms with Gasteiger partial charge in [-0.2, -0.15) is 0 Å². The lowest BCUT2D eigenvalue weighted by molar-refractivity contribution is 0.250. The summed E-state index contributed by atoms with van der Waals surface area (Å²) in [5.41, 5.74) is 0. The predicted octanol–water partition coefficient (Wildman–Crippen LogP) is 2.19. The van der Waals surface area contributed by atoms with Crippen LogP contribution in [0, 0.1) is 11.8 Å². The Morgan fingerprint density at radius 3 is 2.18 bits per heavy atom. The number of hydrogen-bond donors (Lipinski definition) is 2. The van der Waals surface area contributed by atoms with E-state index in [4.69, 9.17) is 0 Å². The molecule has 0 heterocycles. The molecule has 1 saturated carbocycles. The van der Waals surface area contributed by atoms with Gasteiger partial charge in [-0.25, -0.2) is 8.42 Å². The highest BCUT2D eigenvalue weighted by atomic mass is 32.2. The first kappa shape index (κ1) is 19.3. The molecule has 1 aliphatic rings. The first-order valence-corrected chi connectivity index (χ1v) is 10.1. The summed E-state index contributed by atoms with van der Waals surface area (Å²) in [7, 11) is -1.38. The van der Waals surface area contributed by atoms with Gasteiger partial charge in [0.25, 0.3) is 0 Å². The van der Waals surface area contributed by atoms with E-state index in [0.717, 1.165) is 24.7 Å². The van der Waals surface area contributed by atoms with Gasteiger partial charge in [0.1, 0.15) is 0 Å². The summed E-state index contributed by atoms with van der Waals surface area (Å²) in [5.74, 6) is 2.29. The average molecular weight is 332 g/mol. The van der Waals surface area contributed by atoms with Crippen LogP contribution in [0.2, 0.25) is 0 Å². The van der Waals surface area contributed by atoms with Crippen molar-refractivity contribution in [3.8, 4) is 0 Å². The molecule has 1 fully saturated rings. The van der Waals surface area contributed by atoms with E-state index in [9.17, 15) is 8.42 Å². The second kappa shape index (κ2) is 7.66. The van der Waals surface area contributed by atoms with Crippen LogP contribution in [0.15, 0.2) is 4.99 Å². The van der Waals surface area contributed by atoms with Crippen molar-refractivity contribution in [3.63, 3.8) is 0 Å². The molecule has 1 rings (SSSR count). The third-order valence-electron chi connectivity index (χ3n) is 4.96. The molecule has 0 atom stereocenters. The molecule has 0 saturated heterocycles. The first-order chi connectivity index (χ1) is 10.1. The monoisotopic (exact) mass is 331 g/mol. The van der Waals surface area contributed by atoms with Crippen molar-refractivity contribution in [2.24, 2.45) is 16.8 Å². The minimum atomic E-state index is -3.10. The van der Waals surface area contributed by atoms with Gasteiger partial charge in [0.2, 0.25) is 0 Å². The molecule has 0 radical (unpaired) electrons. The van der Waals surface area contributed by atoms with Gasteiger partial charge in [0.15, 0.2) is 15.8 Å². The van der Waals surface area contributed by atoms with Crippen molar-refractivity contribution in [3.05, 3.63) is 0 Å². The molecule has 0 aromatic rings. The topological polar surface area (TPSA) is 70.6 Å². The number of hydrogen-bond acceptors (Lipinski definition) is 3. The maximum Gasteiger partial charge on any atom is 0.191 e. The Morgan fingerprint density at radius 1 is 1.23 bits per heavy atom. The molecule has 0 aliphatic heterocycles. The van der Waals surface area contributed by atoms with Crippen molar-refractivity contribution in [2.75, 3.05) is 19.8 Å². The zero-order valence-corrected chi connectivity index (χ0v) is 15.8. The minimum Gasteiger partial charge on any atom is -0.355 e. The van der Waals surface area contributed by atoms with Crippen LogP contribution in [0.3, 0.4) is 0 Å². The molecule has 2 N–H and O–H groups in total. The van der Waals surface area contributed by atoms with Crippen LogP contribution in [-0.4, -0.2) is 45.0 Å². The molecule has 0 bridgehead atoms. The van der Waals surface area contributed by atoms with E-state index < -0.39 is 14.6 Å².